The molecule has 1 aliphatic carbocycles. The molecule has 0 amide bonds. The maximum atomic E-state index is 5.42. The number of hydrogen-bond acceptors (Lipinski definition) is 2. The fourth-order valence-electron chi connectivity index (χ4n) is 1.90. The van der Waals surface area contributed by atoms with E-state index in [4.69, 9.17) is 9.47 Å². The summed E-state index contributed by atoms with van der Waals surface area (Å²) in [6, 6.07) is 0. The van der Waals surface area contributed by atoms with Crippen LogP contribution in [0.2, 0.25) is 0 Å². The quantitative estimate of drug-likeness (QED) is 0.596. The molecule has 0 saturated heterocycles. The van der Waals surface area contributed by atoms with Crippen LogP contribution in [0.3, 0.4) is 0 Å². The van der Waals surface area contributed by atoms with Crippen molar-refractivity contribution in [2.24, 2.45) is 11.8 Å². The van der Waals surface area contributed by atoms with Crippen LogP contribution in [0.5, 0.6) is 0 Å². The highest BCUT2D eigenvalue weighted by atomic mass is 16.7. The van der Waals surface area contributed by atoms with Crippen LogP contribution < -0.4 is 0 Å². The van der Waals surface area contributed by atoms with Gasteiger partial charge in [0.05, 0.1) is 0 Å². The van der Waals surface area contributed by atoms with Gasteiger partial charge in [-0.1, -0.05) is 13.8 Å². The second kappa shape index (κ2) is 2.54. The third-order valence-electron chi connectivity index (χ3n) is 2.56. The molecule has 0 radical (unpaired) electrons. The first-order valence-electron chi connectivity index (χ1n) is 4.46. The highest BCUT2D eigenvalue weighted by molar-refractivity contribution is 5.19. The highest BCUT2D eigenvalue weighted by Crippen LogP contribution is 2.43. The summed E-state index contributed by atoms with van der Waals surface area (Å²) in [5.41, 5.74) is 0. The molecule has 2 aliphatic rings. The molecule has 0 bridgehead atoms. The first kappa shape index (κ1) is 7.71. The number of hydrogen-bond donors (Lipinski definition) is 0. The Kier molecular flexibility index (Phi) is 1.63. The molecule has 1 aliphatic heterocycles. The minimum atomic E-state index is 0.449. The van der Waals surface area contributed by atoms with Gasteiger partial charge < -0.3 is 9.47 Å². The molecule has 0 aromatic heterocycles. The second-order valence-corrected chi connectivity index (χ2v) is 3.75. The Balaban J connectivity index is 2.18. The third kappa shape index (κ3) is 1.02. The zero-order valence-electron chi connectivity index (χ0n) is 7.59. The van der Waals surface area contributed by atoms with Gasteiger partial charge in [0.15, 0.2) is 0 Å². The lowest BCUT2D eigenvalue weighted by atomic mass is 9.94. The molecule has 1 unspecified atom stereocenters. The van der Waals surface area contributed by atoms with Crippen molar-refractivity contribution >= 4 is 0 Å². The van der Waals surface area contributed by atoms with Crippen molar-refractivity contribution in [3.05, 3.63) is 24.0 Å². The van der Waals surface area contributed by atoms with Gasteiger partial charge in [0.2, 0.25) is 0 Å². The van der Waals surface area contributed by atoms with Gasteiger partial charge in [-0.15, -0.1) is 0 Å². The van der Waals surface area contributed by atoms with Gasteiger partial charge in [-0.2, -0.15) is 0 Å². The number of rotatable bonds is 1. The summed E-state index contributed by atoms with van der Waals surface area (Å²) in [6.07, 6.45) is 2.17. The van der Waals surface area contributed by atoms with Crippen molar-refractivity contribution in [3.8, 4) is 0 Å². The van der Waals surface area contributed by atoms with Gasteiger partial charge >= 0.3 is 0 Å². The molecular formula is C10H14O2. The number of ether oxygens (including phenoxy) is 2. The van der Waals surface area contributed by atoms with Crippen molar-refractivity contribution in [1.29, 1.82) is 0 Å². The van der Waals surface area contributed by atoms with Gasteiger partial charge in [-0.3, -0.25) is 0 Å². The number of allylic oxidation sites excluding steroid dienone is 2. The molecule has 0 aromatic rings. The molecule has 0 saturated carbocycles. The van der Waals surface area contributed by atoms with Crippen molar-refractivity contribution < 1.29 is 9.47 Å². The van der Waals surface area contributed by atoms with Crippen LogP contribution in [0.15, 0.2) is 24.0 Å². The van der Waals surface area contributed by atoms with E-state index in [1.54, 1.807) is 0 Å². The van der Waals surface area contributed by atoms with E-state index in [0.717, 1.165) is 24.4 Å². The van der Waals surface area contributed by atoms with Gasteiger partial charge in [-0.05, 0) is 18.9 Å². The normalized spacial score (nSPS) is 27.6. The fraction of sp³-hybridized carbons (Fsp3) is 0.600. The standard InChI is InChI=1S/C10H14O2/c1-6(2)8-4-5-9-10(8)12-7(3)11-9/h6,8H,3-5H2,1-2H3. The van der Waals surface area contributed by atoms with E-state index >= 15 is 0 Å². The van der Waals surface area contributed by atoms with E-state index in [2.05, 4.69) is 20.4 Å². The zero-order valence-corrected chi connectivity index (χ0v) is 7.59. The predicted octanol–water partition coefficient (Wildman–Crippen LogP) is 2.78. The van der Waals surface area contributed by atoms with Crippen LogP contribution in [-0.2, 0) is 9.47 Å². The van der Waals surface area contributed by atoms with Crippen molar-refractivity contribution in [2.75, 3.05) is 0 Å². The fourth-order valence-corrected chi connectivity index (χ4v) is 1.90. The summed E-state index contributed by atoms with van der Waals surface area (Å²) in [4.78, 5) is 0. The van der Waals surface area contributed by atoms with E-state index in [0.29, 0.717) is 17.8 Å². The average molecular weight is 166 g/mol. The second-order valence-electron chi connectivity index (χ2n) is 3.75. The summed E-state index contributed by atoms with van der Waals surface area (Å²) in [7, 11) is 0. The zero-order chi connectivity index (χ0) is 8.72. The average Bonchev–Trinajstić information content (AvgIpc) is 2.43. The van der Waals surface area contributed by atoms with Crippen LogP contribution >= 0.6 is 0 Å². The lowest BCUT2D eigenvalue weighted by Gasteiger charge is -2.15. The Morgan fingerprint density at radius 3 is 2.83 bits per heavy atom. The van der Waals surface area contributed by atoms with E-state index < -0.39 is 0 Å². The molecule has 66 valence electrons. The predicted molar refractivity (Wildman–Crippen MR) is 45.9 cm³/mol. The summed E-state index contributed by atoms with van der Waals surface area (Å²) in [5.74, 6) is 3.67. The molecule has 2 nitrogen and oxygen atoms in total. The molecule has 2 heteroatoms. The van der Waals surface area contributed by atoms with E-state index in [1.165, 1.54) is 0 Å². The summed E-state index contributed by atoms with van der Waals surface area (Å²) >= 11 is 0. The lowest BCUT2D eigenvalue weighted by Crippen LogP contribution is -2.08. The summed E-state index contributed by atoms with van der Waals surface area (Å²) in [6.45, 7) is 8.07. The van der Waals surface area contributed by atoms with Crippen LogP contribution in [-0.4, -0.2) is 0 Å². The Bertz CT molecular complexity index is 251. The molecule has 0 aromatic carbocycles. The minimum absolute atomic E-state index is 0.449. The Labute approximate surface area is 72.9 Å². The van der Waals surface area contributed by atoms with Gasteiger partial charge in [0.1, 0.15) is 11.5 Å². The van der Waals surface area contributed by atoms with Crippen LogP contribution in [0.1, 0.15) is 26.7 Å². The molecule has 0 spiro atoms. The molecule has 0 fully saturated rings. The lowest BCUT2D eigenvalue weighted by molar-refractivity contribution is 0.143. The van der Waals surface area contributed by atoms with Crippen molar-refractivity contribution in [2.45, 2.75) is 26.7 Å². The molecule has 1 heterocycles. The summed E-state index contributed by atoms with van der Waals surface area (Å²) in [5, 5.41) is 0. The minimum Gasteiger partial charge on any atom is -0.427 e. The van der Waals surface area contributed by atoms with E-state index in [-0.39, 0.29) is 0 Å². The molecular weight excluding hydrogens is 152 g/mol. The van der Waals surface area contributed by atoms with Crippen LogP contribution in [0.4, 0.5) is 0 Å². The first-order valence-corrected chi connectivity index (χ1v) is 4.46. The van der Waals surface area contributed by atoms with Gasteiger partial charge in [0.25, 0.3) is 5.95 Å². The maximum absolute atomic E-state index is 5.42. The Morgan fingerprint density at radius 1 is 1.42 bits per heavy atom. The molecule has 1 atom stereocenters. The van der Waals surface area contributed by atoms with E-state index in [1.807, 2.05) is 0 Å². The van der Waals surface area contributed by atoms with Crippen molar-refractivity contribution in [1.82, 2.24) is 0 Å². The van der Waals surface area contributed by atoms with Crippen LogP contribution in [0.25, 0.3) is 0 Å². The molecule has 0 N–H and O–H groups in total. The van der Waals surface area contributed by atoms with Crippen LogP contribution in [0, 0.1) is 11.8 Å². The molecule has 2 rings (SSSR count). The Morgan fingerprint density at radius 2 is 2.17 bits per heavy atom. The smallest absolute Gasteiger partial charge is 0.282 e. The maximum Gasteiger partial charge on any atom is 0.282 e. The monoisotopic (exact) mass is 166 g/mol. The Hall–Kier alpha value is -0.920. The van der Waals surface area contributed by atoms with Gasteiger partial charge in [-0.25, -0.2) is 0 Å². The topological polar surface area (TPSA) is 18.5 Å². The van der Waals surface area contributed by atoms with Gasteiger partial charge in [0, 0.05) is 12.3 Å². The molecule has 12 heavy (non-hydrogen) atoms. The highest BCUT2D eigenvalue weighted by Gasteiger charge is 2.36. The summed E-state index contributed by atoms with van der Waals surface area (Å²) < 4.78 is 10.8. The SMILES string of the molecule is C=C1OC2=C(O1)C(C(C)C)CC2. The first-order chi connectivity index (χ1) is 5.68. The third-order valence-corrected chi connectivity index (χ3v) is 2.56. The van der Waals surface area contributed by atoms with E-state index in [9.17, 15) is 0 Å². The van der Waals surface area contributed by atoms with Crippen molar-refractivity contribution in [3.63, 3.8) is 0 Å². The largest absolute Gasteiger partial charge is 0.427 e.